The molecule has 1 N–H and O–H groups in total. The molecule has 17 heavy (non-hydrogen) atoms. The van der Waals surface area contributed by atoms with E-state index in [1.54, 1.807) is 6.08 Å². The van der Waals surface area contributed by atoms with Crippen LogP contribution in [0.3, 0.4) is 0 Å². The monoisotopic (exact) mass is 309 g/mol. The molecule has 86 valence electrons. The van der Waals surface area contributed by atoms with Gasteiger partial charge in [0.05, 0.1) is 6.20 Å². The standard InChI is InChI=1S/C12H8BrNO2S/c13-9-4-2-1-3-8(9)5-6-11-14-7-10(17-11)12(15)16/h1-7H,(H,15,16)/b6-5+. The van der Waals surface area contributed by atoms with E-state index in [1.165, 1.54) is 6.20 Å². The Morgan fingerprint density at radius 3 is 2.76 bits per heavy atom. The summed E-state index contributed by atoms with van der Waals surface area (Å²) in [6.07, 6.45) is 5.07. The number of halogens is 1. The van der Waals surface area contributed by atoms with Gasteiger partial charge in [0.15, 0.2) is 0 Å². The molecule has 2 rings (SSSR count). The summed E-state index contributed by atoms with van der Waals surface area (Å²) in [5, 5.41) is 9.45. The summed E-state index contributed by atoms with van der Waals surface area (Å²) in [7, 11) is 0. The van der Waals surface area contributed by atoms with E-state index < -0.39 is 5.97 Å². The second kappa shape index (κ2) is 5.25. The molecule has 0 spiro atoms. The van der Waals surface area contributed by atoms with Gasteiger partial charge in [-0.05, 0) is 17.7 Å². The number of rotatable bonds is 3. The summed E-state index contributed by atoms with van der Waals surface area (Å²) in [6.45, 7) is 0. The Hall–Kier alpha value is -1.46. The Balaban J connectivity index is 2.20. The largest absolute Gasteiger partial charge is 0.477 e. The number of benzene rings is 1. The first kappa shape index (κ1) is 12.0. The lowest BCUT2D eigenvalue weighted by Gasteiger charge is -1.95. The van der Waals surface area contributed by atoms with Gasteiger partial charge in [-0.3, -0.25) is 0 Å². The van der Waals surface area contributed by atoms with E-state index >= 15 is 0 Å². The van der Waals surface area contributed by atoms with Gasteiger partial charge in [0.1, 0.15) is 9.88 Å². The van der Waals surface area contributed by atoms with Crippen LogP contribution in [0, 0.1) is 0 Å². The first-order chi connectivity index (χ1) is 8.16. The second-order valence-corrected chi connectivity index (χ2v) is 5.14. The van der Waals surface area contributed by atoms with Gasteiger partial charge in [-0.25, -0.2) is 9.78 Å². The van der Waals surface area contributed by atoms with Crippen molar-refractivity contribution in [2.75, 3.05) is 0 Å². The maximum Gasteiger partial charge on any atom is 0.347 e. The van der Waals surface area contributed by atoms with Gasteiger partial charge < -0.3 is 5.11 Å². The van der Waals surface area contributed by atoms with Crippen LogP contribution in [-0.4, -0.2) is 16.1 Å². The topological polar surface area (TPSA) is 50.2 Å². The summed E-state index contributed by atoms with van der Waals surface area (Å²) in [5.41, 5.74) is 1.03. The van der Waals surface area contributed by atoms with E-state index in [0.29, 0.717) is 5.01 Å². The molecule has 3 nitrogen and oxygen atoms in total. The van der Waals surface area contributed by atoms with Crippen LogP contribution in [0.5, 0.6) is 0 Å². The zero-order chi connectivity index (χ0) is 12.3. The molecule has 0 bridgehead atoms. The van der Waals surface area contributed by atoms with Crippen LogP contribution in [0.25, 0.3) is 12.2 Å². The van der Waals surface area contributed by atoms with Crippen molar-refractivity contribution in [1.29, 1.82) is 0 Å². The number of nitrogens with zero attached hydrogens (tertiary/aromatic N) is 1. The van der Waals surface area contributed by atoms with Crippen LogP contribution >= 0.6 is 27.3 Å². The summed E-state index contributed by atoms with van der Waals surface area (Å²) in [6, 6.07) is 7.79. The first-order valence-electron chi connectivity index (χ1n) is 4.78. The smallest absolute Gasteiger partial charge is 0.347 e. The van der Waals surface area contributed by atoms with Gasteiger partial charge in [-0.1, -0.05) is 40.2 Å². The van der Waals surface area contributed by atoms with Gasteiger partial charge in [0.2, 0.25) is 0 Å². The molecule has 0 aliphatic rings. The Morgan fingerprint density at radius 2 is 2.12 bits per heavy atom. The van der Waals surface area contributed by atoms with Gasteiger partial charge in [0.25, 0.3) is 0 Å². The number of aromatic carboxylic acids is 1. The fourth-order valence-electron chi connectivity index (χ4n) is 1.23. The minimum absolute atomic E-state index is 0.247. The molecule has 1 aromatic heterocycles. The van der Waals surface area contributed by atoms with Gasteiger partial charge in [0, 0.05) is 4.47 Å². The molecule has 1 aromatic carbocycles. The number of aromatic nitrogens is 1. The number of carboxylic acid groups (broad SMARTS) is 1. The summed E-state index contributed by atoms with van der Waals surface area (Å²) in [5.74, 6) is -0.942. The third-order valence-corrected chi connectivity index (χ3v) is 3.72. The fraction of sp³-hybridized carbons (Fsp3) is 0. The summed E-state index contributed by atoms with van der Waals surface area (Å²) >= 11 is 4.59. The van der Waals surface area contributed by atoms with E-state index in [9.17, 15) is 4.79 Å². The molecular formula is C12H8BrNO2S. The molecule has 1 heterocycles. The molecule has 0 unspecified atom stereocenters. The quantitative estimate of drug-likeness (QED) is 0.938. The molecule has 0 amide bonds. The van der Waals surface area contributed by atoms with Crippen LogP contribution in [0.1, 0.15) is 20.2 Å². The lowest BCUT2D eigenvalue weighted by molar-refractivity contribution is 0.0702. The van der Waals surface area contributed by atoms with Crippen molar-refractivity contribution in [1.82, 2.24) is 4.98 Å². The average Bonchev–Trinajstić information content (AvgIpc) is 2.77. The molecule has 0 radical (unpaired) electrons. The lowest BCUT2D eigenvalue weighted by atomic mass is 10.2. The Morgan fingerprint density at radius 1 is 1.35 bits per heavy atom. The molecule has 2 aromatic rings. The highest BCUT2D eigenvalue weighted by Crippen LogP contribution is 2.20. The van der Waals surface area contributed by atoms with Crippen LogP contribution in [0.2, 0.25) is 0 Å². The minimum atomic E-state index is -0.942. The Bertz CT molecular complexity index is 577. The number of hydrogen-bond donors (Lipinski definition) is 1. The minimum Gasteiger partial charge on any atom is -0.477 e. The van der Waals surface area contributed by atoms with Gasteiger partial charge in [-0.2, -0.15) is 0 Å². The molecule has 0 aliphatic heterocycles. The van der Waals surface area contributed by atoms with Crippen LogP contribution in [-0.2, 0) is 0 Å². The zero-order valence-corrected chi connectivity index (χ0v) is 11.0. The maximum absolute atomic E-state index is 10.7. The highest BCUT2D eigenvalue weighted by molar-refractivity contribution is 9.10. The predicted molar refractivity (Wildman–Crippen MR) is 72.1 cm³/mol. The molecule has 5 heteroatoms. The predicted octanol–water partition coefficient (Wildman–Crippen LogP) is 3.77. The normalized spacial score (nSPS) is 10.9. The van der Waals surface area contributed by atoms with E-state index in [2.05, 4.69) is 20.9 Å². The van der Waals surface area contributed by atoms with Crippen LogP contribution < -0.4 is 0 Å². The molecule has 0 saturated carbocycles. The fourth-order valence-corrected chi connectivity index (χ4v) is 2.31. The van der Waals surface area contributed by atoms with Crippen molar-refractivity contribution in [2.24, 2.45) is 0 Å². The van der Waals surface area contributed by atoms with E-state index in [0.717, 1.165) is 21.4 Å². The van der Waals surface area contributed by atoms with E-state index in [4.69, 9.17) is 5.11 Å². The lowest BCUT2D eigenvalue weighted by Crippen LogP contribution is -1.89. The van der Waals surface area contributed by atoms with Crippen molar-refractivity contribution in [2.45, 2.75) is 0 Å². The summed E-state index contributed by atoms with van der Waals surface area (Å²) < 4.78 is 0.992. The molecule has 0 atom stereocenters. The van der Waals surface area contributed by atoms with Crippen LogP contribution in [0.4, 0.5) is 0 Å². The maximum atomic E-state index is 10.7. The van der Waals surface area contributed by atoms with Crippen LogP contribution in [0.15, 0.2) is 34.9 Å². The van der Waals surface area contributed by atoms with Gasteiger partial charge >= 0.3 is 5.97 Å². The highest BCUT2D eigenvalue weighted by atomic mass is 79.9. The SMILES string of the molecule is O=C(O)c1cnc(/C=C/c2ccccc2Br)s1. The Labute approximate surface area is 111 Å². The molecule has 0 fully saturated rings. The number of carbonyl (C=O) groups is 1. The summed E-state index contributed by atoms with van der Waals surface area (Å²) in [4.78, 5) is 14.9. The average molecular weight is 310 g/mol. The van der Waals surface area contributed by atoms with Crippen molar-refractivity contribution < 1.29 is 9.90 Å². The van der Waals surface area contributed by atoms with E-state index in [-0.39, 0.29) is 4.88 Å². The highest BCUT2D eigenvalue weighted by Gasteiger charge is 2.06. The third-order valence-electron chi connectivity index (χ3n) is 2.05. The number of thiazole rings is 1. The molecular weight excluding hydrogens is 302 g/mol. The Kier molecular flexibility index (Phi) is 3.71. The zero-order valence-electron chi connectivity index (χ0n) is 8.63. The third kappa shape index (κ3) is 3.01. The molecule has 0 aliphatic carbocycles. The number of hydrogen-bond acceptors (Lipinski definition) is 3. The van der Waals surface area contributed by atoms with Gasteiger partial charge in [-0.15, -0.1) is 11.3 Å². The second-order valence-electron chi connectivity index (χ2n) is 3.22. The van der Waals surface area contributed by atoms with Crippen molar-refractivity contribution in [3.8, 4) is 0 Å². The van der Waals surface area contributed by atoms with Crippen molar-refractivity contribution >= 4 is 45.4 Å². The van der Waals surface area contributed by atoms with E-state index in [1.807, 2.05) is 30.3 Å². The van der Waals surface area contributed by atoms with Crippen molar-refractivity contribution in [3.63, 3.8) is 0 Å². The number of carboxylic acids is 1. The first-order valence-corrected chi connectivity index (χ1v) is 6.39. The molecule has 0 saturated heterocycles. The van der Waals surface area contributed by atoms with Crippen molar-refractivity contribution in [3.05, 3.63) is 50.4 Å².